The summed E-state index contributed by atoms with van der Waals surface area (Å²) in [5.41, 5.74) is 1.76. The maximum Gasteiger partial charge on any atom is 0.410 e. The number of ether oxygens (including phenoxy) is 1. The molecule has 0 fully saturated rings. The molecule has 1 atom stereocenters. The van der Waals surface area contributed by atoms with Gasteiger partial charge in [-0.15, -0.1) is 0 Å². The van der Waals surface area contributed by atoms with Gasteiger partial charge in [0.05, 0.1) is 6.04 Å². The second kappa shape index (κ2) is 6.86. The molecule has 1 aromatic rings. The van der Waals surface area contributed by atoms with Gasteiger partial charge in [0, 0.05) is 13.1 Å². The average Bonchev–Trinajstić information content (AvgIpc) is 2.49. The molecule has 2 rings (SSSR count). The maximum absolute atomic E-state index is 12.5. The lowest BCUT2D eigenvalue weighted by Gasteiger charge is -2.37. The van der Waals surface area contributed by atoms with E-state index in [1.165, 1.54) is 11.6 Å². The number of carbonyl (C=O) groups excluding carboxylic acids is 2. The van der Waals surface area contributed by atoms with Crippen LogP contribution in [0.4, 0.5) is 4.79 Å². The van der Waals surface area contributed by atoms with E-state index < -0.39 is 5.60 Å². The highest BCUT2D eigenvalue weighted by atomic mass is 16.6. The summed E-state index contributed by atoms with van der Waals surface area (Å²) in [5.74, 6) is -0.243. The fourth-order valence-corrected chi connectivity index (χ4v) is 2.59. The Kier molecular flexibility index (Phi) is 5.08. The molecular weight excluding hydrogens is 292 g/mol. The van der Waals surface area contributed by atoms with Crippen LogP contribution in [0.3, 0.4) is 0 Å². The highest BCUT2D eigenvalue weighted by Gasteiger charge is 2.32. The number of benzene rings is 1. The third kappa shape index (κ3) is 4.58. The molecule has 0 aliphatic carbocycles. The van der Waals surface area contributed by atoms with E-state index in [9.17, 15) is 9.59 Å². The van der Waals surface area contributed by atoms with E-state index in [0.29, 0.717) is 19.5 Å². The molecule has 0 saturated carbocycles. The first-order valence-corrected chi connectivity index (χ1v) is 7.77. The minimum atomic E-state index is -0.553. The molecule has 0 radical (unpaired) electrons. The molecule has 124 valence electrons. The summed E-state index contributed by atoms with van der Waals surface area (Å²) < 4.78 is 5.51. The van der Waals surface area contributed by atoms with Gasteiger partial charge in [-0.3, -0.25) is 9.69 Å². The number of carbonyl (C=O) groups is 2. The largest absolute Gasteiger partial charge is 0.444 e. The van der Waals surface area contributed by atoms with Crippen LogP contribution in [0, 0.1) is 0 Å². The number of hydrogen-bond acceptors (Lipinski definition) is 3. The van der Waals surface area contributed by atoms with Gasteiger partial charge in [-0.05, 0) is 44.4 Å². The second-order valence-electron chi connectivity index (χ2n) is 6.68. The van der Waals surface area contributed by atoms with Gasteiger partial charge in [-0.2, -0.15) is 0 Å². The summed E-state index contributed by atoms with van der Waals surface area (Å²) in [6.45, 7) is 9.84. The summed E-state index contributed by atoms with van der Waals surface area (Å²) in [6.07, 6.45) is 1.56. The third-order valence-corrected chi connectivity index (χ3v) is 3.68. The summed E-state index contributed by atoms with van der Waals surface area (Å²) in [7, 11) is 0. The number of rotatable bonds is 3. The lowest BCUT2D eigenvalue weighted by Crippen LogP contribution is -2.51. The van der Waals surface area contributed by atoms with E-state index in [2.05, 4.69) is 18.0 Å². The van der Waals surface area contributed by atoms with Gasteiger partial charge >= 0.3 is 6.09 Å². The predicted octanol–water partition coefficient (Wildman–Crippen LogP) is 2.65. The zero-order valence-corrected chi connectivity index (χ0v) is 14.0. The Morgan fingerprint density at radius 1 is 1.35 bits per heavy atom. The van der Waals surface area contributed by atoms with Crippen LogP contribution in [0.2, 0.25) is 0 Å². The molecule has 23 heavy (non-hydrogen) atoms. The minimum absolute atomic E-state index is 0.136. The molecule has 0 bridgehead atoms. The second-order valence-corrected chi connectivity index (χ2v) is 6.68. The van der Waals surface area contributed by atoms with Crippen molar-refractivity contribution in [2.45, 2.75) is 45.4 Å². The fourth-order valence-electron chi connectivity index (χ4n) is 2.59. The Bertz CT molecular complexity index is 605. The van der Waals surface area contributed by atoms with Crippen LogP contribution < -0.4 is 5.32 Å². The number of nitrogens with zero attached hydrogens (tertiary/aromatic N) is 1. The predicted molar refractivity (Wildman–Crippen MR) is 88.9 cm³/mol. The first kappa shape index (κ1) is 17.1. The van der Waals surface area contributed by atoms with Crippen LogP contribution >= 0.6 is 0 Å². The van der Waals surface area contributed by atoms with Gasteiger partial charge in [0.15, 0.2) is 0 Å². The lowest BCUT2D eigenvalue weighted by molar-refractivity contribution is -0.116. The molecule has 0 spiro atoms. The highest BCUT2D eigenvalue weighted by Crippen LogP contribution is 2.25. The van der Waals surface area contributed by atoms with Crippen molar-refractivity contribution in [1.29, 1.82) is 0 Å². The molecule has 2 amide bonds. The third-order valence-electron chi connectivity index (χ3n) is 3.68. The SMILES string of the molecule is C=CC(=O)NCC1Cc2ccccc2CN1C(=O)OC(C)(C)C. The quantitative estimate of drug-likeness (QED) is 0.872. The molecule has 1 aliphatic heterocycles. The van der Waals surface area contributed by atoms with Crippen LogP contribution in [-0.2, 0) is 22.5 Å². The van der Waals surface area contributed by atoms with Crippen LogP contribution in [0.1, 0.15) is 31.9 Å². The first-order valence-electron chi connectivity index (χ1n) is 7.77. The topological polar surface area (TPSA) is 58.6 Å². The molecule has 5 heteroatoms. The number of nitrogens with one attached hydrogen (secondary N) is 1. The number of amides is 2. The Morgan fingerprint density at radius 3 is 2.61 bits per heavy atom. The summed E-state index contributed by atoms with van der Waals surface area (Å²) in [5, 5.41) is 2.77. The number of fused-ring (bicyclic) bond motifs is 1. The van der Waals surface area contributed by atoms with E-state index in [1.807, 2.05) is 39.0 Å². The van der Waals surface area contributed by atoms with Gasteiger partial charge in [0.1, 0.15) is 5.60 Å². The van der Waals surface area contributed by atoms with E-state index in [-0.39, 0.29) is 18.0 Å². The number of hydrogen-bond donors (Lipinski definition) is 1. The Labute approximate surface area is 137 Å². The Morgan fingerprint density at radius 2 is 2.00 bits per heavy atom. The first-order chi connectivity index (χ1) is 10.8. The minimum Gasteiger partial charge on any atom is -0.444 e. The zero-order valence-electron chi connectivity index (χ0n) is 14.0. The van der Waals surface area contributed by atoms with Crippen molar-refractivity contribution in [3.05, 3.63) is 48.0 Å². The molecule has 1 aliphatic rings. The van der Waals surface area contributed by atoms with Crippen molar-refractivity contribution in [2.24, 2.45) is 0 Å². The van der Waals surface area contributed by atoms with Crippen molar-refractivity contribution in [1.82, 2.24) is 10.2 Å². The fraction of sp³-hybridized carbons (Fsp3) is 0.444. The summed E-state index contributed by atoms with van der Waals surface area (Å²) in [4.78, 5) is 25.7. The summed E-state index contributed by atoms with van der Waals surface area (Å²) in [6, 6.07) is 7.89. The lowest BCUT2D eigenvalue weighted by atomic mass is 9.94. The van der Waals surface area contributed by atoms with Crippen molar-refractivity contribution in [3.8, 4) is 0 Å². The molecular formula is C18H24N2O3. The smallest absolute Gasteiger partial charge is 0.410 e. The van der Waals surface area contributed by atoms with Crippen molar-refractivity contribution >= 4 is 12.0 Å². The van der Waals surface area contributed by atoms with E-state index >= 15 is 0 Å². The summed E-state index contributed by atoms with van der Waals surface area (Å²) >= 11 is 0. The van der Waals surface area contributed by atoms with Crippen LogP contribution in [0.5, 0.6) is 0 Å². The molecule has 5 nitrogen and oxygen atoms in total. The van der Waals surface area contributed by atoms with Crippen LogP contribution in [0.25, 0.3) is 0 Å². The van der Waals surface area contributed by atoms with Gasteiger partial charge in [-0.1, -0.05) is 30.8 Å². The molecule has 1 unspecified atom stereocenters. The standard InChI is InChI=1S/C18H24N2O3/c1-5-16(21)19-11-15-10-13-8-6-7-9-14(13)12-20(15)17(22)23-18(2,3)4/h5-9,15H,1,10-12H2,2-4H3,(H,19,21). The molecule has 1 aromatic carbocycles. The van der Waals surface area contributed by atoms with Crippen LogP contribution in [0.15, 0.2) is 36.9 Å². The van der Waals surface area contributed by atoms with E-state index in [4.69, 9.17) is 4.74 Å². The van der Waals surface area contributed by atoms with Gasteiger partial charge < -0.3 is 10.1 Å². The van der Waals surface area contributed by atoms with Gasteiger partial charge in [0.25, 0.3) is 0 Å². The zero-order chi connectivity index (χ0) is 17.0. The average molecular weight is 316 g/mol. The normalized spacial score (nSPS) is 17.2. The molecule has 1 N–H and O–H groups in total. The van der Waals surface area contributed by atoms with Crippen molar-refractivity contribution < 1.29 is 14.3 Å². The van der Waals surface area contributed by atoms with Gasteiger partial charge in [0.2, 0.25) is 5.91 Å². The Hall–Kier alpha value is -2.30. The molecule has 0 aromatic heterocycles. The molecule has 0 saturated heterocycles. The van der Waals surface area contributed by atoms with Gasteiger partial charge in [-0.25, -0.2) is 4.79 Å². The Balaban J connectivity index is 2.18. The highest BCUT2D eigenvalue weighted by molar-refractivity contribution is 5.86. The van der Waals surface area contributed by atoms with Crippen molar-refractivity contribution in [3.63, 3.8) is 0 Å². The maximum atomic E-state index is 12.5. The monoisotopic (exact) mass is 316 g/mol. The van der Waals surface area contributed by atoms with Crippen molar-refractivity contribution in [2.75, 3.05) is 6.54 Å². The van der Waals surface area contributed by atoms with Crippen LogP contribution in [-0.4, -0.2) is 35.1 Å². The van der Waals surface area contributed by atoms with E-state index in [1.54, 1.807) is 4.90 Å². The van der Waals surface area contributed by atoms with E-state index in [0.717, 1.165) is 5.56 Å². The molecule has 1 heterocycles.